The van der Waals surface area contributed by atoms with Crippen molar-refractivity contribution in [2.24, 2.45) is 11.8 Å². The van der Waals surface area contributed by atoms with Gasteiger partial charge < -0.3 is 14.6 Å². The van der Waals surface area contributed by atoms with E-state index in [1.807, 2.05) is 6.92 Å². The second-order valence-corrected chi connectivity index (χ2v) is 6.01. The highest BCUT2D eigenvalue weighted by Crippen LogP contribution is 2.42. The lowest BCUT2D eigenvalue weighted by atomic mass is 9.90. The topological polar surface area (TPSA) is 60.2 Å². The summed E-state index contributed by atoms with van der Waals surface area (Å²) in [6.45, 7) is 6.01. The van der Waals surface area contributed by atoms with Crippen molar-refractivity contribution >= 4 is 0 Å². The minimum Gasteiger partial charge on any atom is -0.370 e. The molecule has 0 bridgehead atoms. The van der Waals surface area contributed by atoms with Gasteiger partial charge >= 0.3 is 0 Å². The third-order valence-electron chi connectivity index (χ3n) is 4.50. The van der Waals surface area contributed by atoms with Crippen LogP contribution in [0.1, 0.15) is 69.8 Å². The number of ether oxygens (including phenoxy) is 1. The SMILES string of the molecule is CCOC(c1noc(C2CC(CC)CCN2)n1)C1CC1. The van der Waals surface area contributed by atoms with Gasteiger partial charge in [-0.05, 0) is 51.0 Å². The van der Waals surface area contributed by atoms with Gasteiger partial charge in [-0.25, -0.2) is 0 Å². The predicted molar refractivity (Wildman–Crippen MR) is 75.1 cm³/mol. The highest BCUT2D eigenvalue weighted by molar-refractivity contribution is 5.01. The third kappa shape index (κ3) is 3.04. The average molecular weight is 279 g/mol. The summed E-state index contributed by atoms with van der Waals surface area (Å²) in [6, 6.07) is 0.219. The normalized spacial score (nSPS) is 28.5. The Hall–Kier alpha value is -0.940. The van der Waals surface area contributed by atoms with E-state index < -0.39 is 0 Å². The third-order valence-corrected chi connectivity index (χ3v) is 4.50. The Morgan fingerprint density at radius 2 is 2.20 bits per heavy atom. The molecule has 2 aliphatic rings. The van der Waals surface area contributed by atoms with E-state index in [4.69, 9.17) is 9.26 Å². The van der Waals surface area contributed by atoms with E-state index in [0.29, 0.717) is 12.5 Å². The summed E-state index contributed by atoms with van der Waals surface area (Å²) in [5.41, 5.74) is 0. The van der Waals surface area contributed by atoms with Gasteiger partial charge in [0, 0.05) is 6.61 Å². The average Bonchev–Trinajstić information content (AvgIpc) is 3.21. The summed E-state index contributed by atoms with van der Waals surface area (Å²) in [5, 5.41) is 7.66. The van der Waals surface area contributed by atoms with E-state index >= 15 is 0 Å². The zero-order valence-corrected chi connectivity index (χ0v) is 12.5. The molecule has 20 heavy (non-hydrogen) atoms. The molecule has 1 aliphatic carbocycles. The maximum Gasteiger partial charge on any atom is 0.243 e. The summed E-state index contributed by atoms with van der Waals surface area (Å²) in [4.78, 5) is 4.62. The van der Waals surface area contributed by atoms with E-state index in [2.05, 4.69) is 22.4 Å². The van der Waals surface area contributed by atoms with E-state index in [9.17, 15) is 0 Å². The molecule has 3 atom stereocenters. The number of hydrogen-bond donors (Lipinski definition) is 1. The molecule has 0 amide bonds. The van der Waals surface area contributed by atoms with E-state index in [0.717, 1.165) is 30.6 Å². The van der Waals surface area contributed by atoms with Crippen molar-refractivity contribution in [3.8, 4) is 0 Å². The molecule has 0 spiro atoms. The molecule has 3 unspecified atom stereocenters. The fraction of sp³-hybridized carbons (Fsp3) is 0.867. The minimum absolute atomic E-state index is 0.0306. The Morgan fingerprint density at radius 1 is 1.35 bits per heavy atom. The van der Waals surface area contributed by atoms with E-state index in [1.54, 1.807) is 0 Å². The first-order valence-electron chi connectivity index (χ1n) is 8.00. The Labute approximate surface area is 120 Å². The molecule has 5 heteroatoms. The zero-order chi connectivity index (χ0) is 13.9. The van der Waals surface area contributed by atoms with Crippen LogP contribution < -0.4 is 5.32 Å². The van der Waals surface area contributed by atoms with Crippen molar-refractivity contribution in [3.63, 3.8) is 0 Å². The van der Waals surface area contributed by atoms with Gasteiger partial charge in [0.15, 0.2) is 0 Å². The Bertz CT molecular complexity index is 431. The fourth-order valence-electron chi connectivity index (χ4n) is 3.06. The Balaban J connectivity index is 1.69. The standard InChI is InChI=1S/C15H25N3O2/c1-3-10-7-8-16-12(9-10)15-17-14(18-20-15)13(19-4-2)11-5-6-11/h10-13,16H,3-9H2,1-2H3. The molecule has 0 radical (unpaired) electrons. The summed E-state index contributed by atoms with van der Waals surface area (Å²) >= 11 is 0. The van der Waals surface area contributed by atoms with E-state index in [-0.39, 0.29) is 12.1 Å². The maximum absolute atomic E-state index is 5.79. The summed E-state index contributed by atoms with van der Waals surface area (Å²) in [7, 11) is 0. The fourth-order valence-corrected chi connectivity index (χ4v) is 3.06. The summed E-state index contributed by atoms with van der Waals surface area (Å²) in [5.74, 6) is 2.83. The Morgan fingerprint density at radius 3 is 2.90 bits per heavy atom. The molecule has 5 nitrogen and oxygen atoms in total. The molecular formula is C15H25N3O2. The molecule has 1 aromatic rings. The predicted octanol–water partition coefficient (Wildman–Crippen LogP) is 3.01. The molecule has 1 aliphatic heterocycles. The second-order valence-electron chi connectivity index (χ2n) is 6.01. The molecule has 1 N–H and O–H groups in total. The van der Waals surface area contributed by atoms with Crippen LogP contribution in [0, 0.1) is 11.8 Å². The van der Waals surface area contributed by atoms with Crippen molar-refractivity contribution < 1.29 is 9.26 Å². The first-order valence-corrected chi connectivity index (χ1v) is 8.00. The zero-order valence-electron chi connectivity index (χ0n) is 12.5. The van der Waals surface area contributed by atoms with Gasteiger partial charge in [0.05, 0.1) is 6.04 Å². The first kappa shape index (κ1) is 14.0. The molecule has 1 saturated carbocycles. The molecule has 2 heterocycles. The lowest BCUT2D eigenvalue weighted by Gasteiger charge is -2.27. The van der Waals surface area contributed by atoms with Gasteiger partial charge in [-0.2, -0.15) is 4.98 Å². The number of hydrogen-bond acceptors (Lipinski definition) is 5. The lowest BCUT2D eigenvalue weighted by molar-refractivity contribution is 0.0384. The monoisotopic (exact) mass is 279 g/mol. The first-order chi connectivity index (χ1) is 9.81. The van der Waals surface area contributed by atoms with Crippen LogP contribution in [-0.2, 0) is 4.74 Å². The summed E-state index contributed by atoms with van der Waals surface area (Å²) < 4.78 is 11.3. The maximum atomic E-state index is 5.79. The quantitative estimate of drug-likeness (QED) is 0.867. The molecule has 2 fully saturated rings. The van der Waals surface area contributed by atoms with Gasteiger partial charge in [-0.15, -0.1) is 0 Å². The number of nitrogens with one attached hydrogen (secondary N) is 1. The largest absolute Gasteiger partial charge is 0.370 e. The molecule has 1 saturated heterocycles. The Kier molecular flexibility index (Phi) is 4.36. The van der Waals surface area contributed by atoms with Gasteiger partial charge in [-0.1, -0.05) is 18.5 Å². The van der Waals surface area contributed by atoms with Crippen LogP contribution in [-0.4, -0.2) is 23.3 Å². The van der Waals surface area contributed by atoms with Crippen LogP contribution in [0.4, 0.5) is 0 Å². The van der Waals surface area contributed by atoms with Crippen LogP contribution in [0.15, 0.2) is 4.52 Å². The van der Waals surface area contributed by atoms with Gasteiger partial charge in [0.2, 0.25) is 11.7 Å². The van der Waals surface area contributed by atoms with Crippen molar-refractivity contribution in [3.05, 3.63) is 11.7 Å². The molecule has 112 valence electrons. The van der Waals surface area contributed by atoms with Crippen LogP contribution in [0.25, 0.3) is 0 Å². The molecule has 1 aromatic heterocycles. The highest BCUT2D eigenvalue weighted by atomic mass is 16.5. The molecule has 0 aromatic carbocycles. The van der Waals surface area contributed by atoms with Gasteiger partial charge in [-0.3, -0.25) is 0 Å². The molecular weight excluding hydrogens is 254 g/mol. The van der Waals surface area contributed by atoms with Gasteiger partial charge in [0.1, 0.15) is 6.10 Å². The van der Waals surface area contributed by atoms with Crippen LogP contribution in [0.3, 0.4) is 0 Å². The number of nitrogens with zero attached hydrogens (tertiary/aromatic N) is 2. The minimum atomic E-state index is 0.0306. The van der Waals surface area contributed by atoms with E-state index in [1.165, 1.54) is 25.7 Å². The summed E-state index contributed by atoms with van der Waals surface area (Å²) in [6.07, 6.45) is 6.03. The van der Waals surface area contributed by atoms with Crippen LogP contribution in [0.2, 0.25) is 0 Å². The smallest absolute Gasteiger partial charge is 0.243 e. The number of rotatable bonds is 6. The van der Waals surface area contributed by atoms with Crippen molar-refractivity contribution in [1.82, 2.24) is 15.5 Å². The molecule has 3 rings (SSSR count). The van der Waals surface area contributed by atoms with Crippen LogP contribution in [0.5, 0.6) is 0 Å². The number of aromatic nitrogens is 2. The van der Waals surface area contributed by atoms with Crippen molar-refractivity contribution in [2.75, 3.05) is 13.2 Å². The van der Waals surface area contributed by atoms with Crippen LogP contribution >= 0.6 is 0 Å². The van der Waals surface area contributed by atoms with Gasteiger partial charge in [0.25, 0.3) is 0 Å². The second kappa shape index (κ2) is 6.22. The van der Waals surface area contributed by atoms with Crippen molar-refractivity contribution in [2.45, 2.75) is 58.1 Å². The lowest BCUT2D eigenvalue weighted by Crippen LogP contribution is -2.31. The highest BCUT2D eigenvalue weighted by Gasteiger charge is 2.37. The van der Waals surface area contributed by atoms with Crippen molar-refractivity contribution in [1.29, 1.82) is 0 Å². The number of piperidine rings is 1.